The molecule has 1 fully saturated rings. The first-order valence-corrected chi connectivity index (χ1v) is 10.4. The highest BCUT2D eigenvalue weighted by Gasteiger charge is 2.30. The SMILES string of the molecule is C[C@H](O)[C@@H](NC(=O)c1cccc(S(=O)(=O)N(C)C2CCCCC2)c1)C(=O)O. The molecule has 0 bridgehead atoms. The van der Waals surface area contributed by atoms with E-state index in [0.29, 0.717) is 0 Å². The fourth-order valence-electron chi connectivity index (χ4n) is 3.22. The number of carboxylic acids is 1. The molecular formula is C18H26N2O6S. The van der Waals surface area contributed by atoms with E-state index in [-0.39, 0.29) is 16.5 Å². The highest BCUT2D eigenvalue weighted by atomic mass is 32.2. The third-order valence-electron chi connectivity index (χ3n) is 4.90. The minimum Gasteiger partial charge on any atom is -0.480 e. The number of aliphatic hydroxyl groups is 1. The van der Waals surface area contributed by atoms with E-state index in [1.54, 1.807) is 7.05 Å². The van der Waals surface area contributed by atoms with Gasteiger partial charge in [0.1, 0.15) is 0 Å². The zero-order valence-corrected chi connectivity index (χ0v) is 16.3. The van der Waals surface area contributed by atoms with Gasteiger partial charge in [-0.15, -0.1) is 0 Å². The van der Waals surface area contributed by atoms with Crippen molar-refractivity contribution < 1.29 is 28.2 Å². The largest absolute Gasteiger partial charge is 0.480 e. The van der Waals surface area contributed by atoms with Gasteiger partial charge in [0.15, 0.2) is 6.04 Å². The van der Waals surface area contributed by atoms with E-state index in [1.807, 2.05) is 0 Å². The van der Waals surface area contributed by atoms with Gasteiger partial charge < -0.3 is 15.5 Å². The number of aliphatic hydroxyl groups excluding tert-OH is 1. The predicted octanol–water partition coefficient (Wildman–Crippen LogP) is 1.20. The Morgan fingerprint density at radius 2 is 1.85 bits per heavy atom. The van der Waals surface area contributed by atoms with E-state index in [2.05, 4.69) is 5.32 Å². The normalized spacial score (nSPS) is 18.1. The van der Waals surface area contributed by atoms with Gasteiger partial charge in [-0.25, -0.2) is 13.2 Å². The summed E-state index contributed by atoms with van der Waals surface area (Å²) in [6.07, 6.45) is 3.41. The first-order chi connectivity index (χ1) is 12.6. The van der Waals surface area contributed by atoms with Crippen molar-refractivity contribution in [2.45, 2.75) is 62.1 Å². The van der Waals surface area contributed by atoms with Crippen LogP contribution in [0.2, 0.25) is 0 Å². The van der Waals surface area contributed by atoms with Gasteiger partial charge in [-0.3, -0.25) is 4.79 Å². The lowest BCUT2D eigenvalue weighted by Crippen LogP contribution is -2.47. The summed E-state index contributed by atoms with van der Waals surface area (Å²) >= 11 is 0. The molecule has 1 aromatic rings. The van der Waals surface area contributed by atoms with Crippen LogP contribution in [0, 0.1) is 0 Å². The number of nitrogens with zero attached hydrogens (tertiary/aromatic N) is 1. The first kappa shape index (κ1) is 21.3. The van der Waals surface area contributed by atoms with Crippen molar-refractivity contribution in [2.24, 2.45) is 0 Å². The molecule has 8 nitrogen and oxygen atoms in total. The van der Waals surface area contributed by atoms with Gasteiger partial charge in [0.2, 0.25) is 10.0 Å². The summed E-state index contributed by atoms with van der Waals surface area (Å²) in [5.74, 6) is -2.14. The Bertz CT molecular complexity index is 787. The van der Waals surface area contributed by atoms with Crippen LogP contribution < -0.4 is 5.32 Å². The summed E-state index contributed by atoms with van der Waals surface area (Å²) in [5, 5.41) is 20.8. The maximum absolute atomic E-state index is 12.9. The second-order valence-corrected chi connectivity index (χ2v) is 8.87. The van der Waals surface area contributed by atoms with Crippen molar-refractivity contribution in [1.82, 2.24) is 9.62 Å². The lowest BCUT2D eigenvalue weighted by atomic mass is 9.96. The number of sulfonamides is 1. The van der Waals surface area contributed by atoms with E-state index < -0.39 is 34.0 Å². The molecule has 0 radical (unpaired) electrons. The molecule has 1 aliphatic carbocycles. The maximum Gasteiger partial charge on any atom is 0.328 e. The number of benzene rings is 1. The van der Waals surface area contributed by atoms with Gasteiger partial charge in [-0.1, -0.05) is 25.3 Å². The number of rotatable bonds is 7. The summed E-state index contributed by atoms with van der Waals surface area (Å²) in [6.45, 7) is 1.25. The number of amides is 1. The van der Waals surface area contributed by atoms with Gasteiger partial charge in [0.25, 0.3) is 5.91 Å². The van der Waals surface area contributed by atoms with Crippen molar-refractivity contribution in [3.63, 3.8) is 0 Å². The number of carbonyl (C=O) groups is 2. The molecule has 27 heavy (non-hydrogen) atoms. The monoisotopic (exact) mass is 398 g/mol. The predicted molar refractivity (Wildman–Crippen MR) is 98.8 cm³/mol. The fourth-order valence-corrected chi connectivity index (χ4v) is 4.68. The second kappa shape index (κ2) is 8.81. The highest BCUT2D eigenvalue weighted by Crippen LogP contribution is 2.26. The van der Waals surface area contributed by atoms with Gasteiger partial charge in [0.05, 0.1) is 11.0 Å². The molecule has 9 heteroatoms. The third-order valence-corrected chi connectivity index (χ3v) is 6.80. The Kier molecular flexibility index (Phi) is 6.96. The minimum atomic E-state index is -3.77. The van der Waals surface area contributed by atoms with Gasteiger partial charge in [0, 0.05) is 18.7 Å². The molecule has 2 rings (SSSR count). The summed E-state index contributed by atoms with van der Waals surface area (Å²) < 4.78 is 27.2. The Hall–Kier alpha value is -1.97. The number of hydrogen-bond acceptors (Lipinski definition) is 5. The Balaban J connectivity index is 2.22. The molecule has 1 aliphatic rings. The maximum atomic E-state index is 12.9. The number of hydrogen-bond donors (Lipinski definition) is 3. The van der Waals surface area contributed by atoms with Gasteiger partial charge in [-0.05, 0) is 38.0 Å². The average Bonchev–Trinajstić information content (AvgIpc) is 2.65. The number of carbonyl (C=O) groups excluding carboxylic acids is 1. The molecule has 150 valence electrons. The summed E-state index contributed by atoms with van der Waals surface area (Å²) in [7, 11) is -2.22. The number of nitrogens with one attached hydrogen (secondary N) is 1. The van der Waals surface area contributed by atoms with E-state index in [1.165, 1.54) is 35.5 Å². The van der Waals surface area contributed by atoms with Crippen molar-refractivity contribution in [3.8, 4) is 0 Å². The highest BCUT2D eigenvalue weighted by molar-refractivity contribution is 7.89. The molecule has 0 aliphatic heterocycles. The van der Waals surface area contributed by atoms with Crippen LogP contribution in [0.4, 0.5) is 0 Å². The molecule has 1 aromatic carbocycles. The van der Waals surface area contributed by atoms with E-state index in [9.17, 15) is 23.1 Å². The molecule has 3 N–H and O–H groups in total. The molecular weight excluding hydrogens is 372 g/mol. The molecule has 0 spiro atoms. The van der Waals surface area contributed by atoms with Crippen LogP contribution in [0.3, 0.4) is 0 Å². The van der Waals surface area contributed by atoms with Gasteiger partial charge >= 0.3 is 5.97 Å². The minimum absolute atomic E-state index is 0.0139. The zero-order chi connectivity index (χ0) is 20.2. The number of aliphatic carboxylic acids is 1. The van der Waals surface area contributed by atoms with Crippen LogP contribution in [0.15, 0.2) is 29.2 Å². The first-order valence-electron chi connectivity index (χ1n) is 8.94. The Morgan fingerprint density at radius 3 is 2.41 bits per heavy atom. The average molecular weight is 398 g/mol. The molecule has 2 atom stereocenters. The van der Waals surface area contributed by atoms with Crippen molar-refractivity contribution in [2.75, 3.05) is 7.05 Å². The van der Waals surface area contributed by atoms with E-state index in [4.69, 9.17) is 5.11 Å². The van der Waals surface area contributed by atoms with Crippen molar-refractivity contribution in [1.29, 1.82) is 0 Å². The molecule has 0 heterocycles. The van der Waals surface area contributed by atoms with Crippen LogP contribution in [0.25, 0.3) is 0 Å². The quantitative estimate of drug-likeness (QED) is 0.634. The fraction of sp³-hybridized carbons (Fsp3) is 0.556. The summed E-state index contributed by atoms with van der Waals surface area (Å²) in [4.78, 5) is 23.4. The molecule has 0 aromatic heterocycles. The standard InChI is InChI=1S/C18H26N2O6S/c1-12(21)16(18(23)24)19-17(22)13-7-6-10-15(11-13)27(25,26)20(2)14-8-4-3-5-9-14/h6-7,10-12,14,16,21H,3-5,8-9H2,1-2H3,(H,19,22)(H,23,24)/t12-,16+/m0/s1. The van der Waals surface area contributed by atoms with E-state index >= 15 is 0 Å². The number of carboxylic acid groups (broad SMARTS) is 1. The Morgan fingerprint density at radius 1 is 1.22 bits per heavy atom. The van der Waals surface area contributed by atoms with Gasteiger partial charge in [-0.2, -0.15) is 4.31 Å². The molecule has 1 amide bonds. The lowest BCUT2D eigenvalue weighted by molar-refractivity contribution is -0.141. The van der Waals surface area contributed by atoms with Crippen LogP contribution in [0.1, 0.15) is 49.4 Å². The topological polar surface area (TPSA) is 124 Å². The van der Waals surface area contributed by atoms with Crippen molar-refractivity contribution in [3.05, 3.63) is 29.8 Å². The van der Waals surface area contributed by atoms with E-state index in [0.717, 1.165) is 32.1 Å². The summed E-state index contributed by atoms with van der Waals surface area (Å²) in [6, 6.07) is 3.93. The van der Waals surface area contributed by atoms with Crippen LogP contribution in [-0.2, 0) is 14.8 Å². The van der Waals surface area contributed by atoms with Crippen LogP contribution in [-0.4, -0.2) is 60.0 Å². The van der Waals surface area contributed by atoms with Crippen LogP contribution >= 0.6 is 0 Å². The van der Waals surface area contributed by atoms with Crippen LogP contribution in [0.5, 0.6) is 0 Å². The lowest BCUT2D eigenvalue weighted by Gasteiger charge is -2.30. The zero-order valence-electron chi connectivity index (χ0n) is 15.5. The molecule has 1 saturated carbocycles. The third kappa shape index (κ3) is 5.06. The second-order valence-electron chi connectivity index (χ2n) is 6.87. The van der Waals surface area contributed by atoms with Crippen molar-refractivity contribution >= 4 is 21.9 Å². The molecule has 0 unspecified atom stereocenters. The smallest absolute Gasteiger partial charge is 0.328 e. The molecule has 0 saturated heterocycles. The summed E-state index contributed by atoms with van der Waals surface area (Å²) in [5.41, 5.74) is 0.0139. The Labute approximate surface area is 159 Å².